The molecule has 4 heteroatoms. The monoisotopic (exact) mass is 220 g/mol. The fraction of sp³-hybridized carbons (Fsp3) is 0.182. The molecule has 1 unspecified atom stereocenters. The lowest BCUT2D eigenvalue weighted by Crippen LogP contribution is -2.01. The summed E-state index contributed by atoms with van der Waals surface area (Å²) in [5.74, 6) is 0. The molecule has 0 aliphatic heterocycles. The minimum atomic E-state index is -1.18. The average Bonchev–Trinajstić information content (AvgIpc) is 2.65. The van der Waals surface area contributed by atoms with Gasteiger partial charge >= 0.3 is 0 Å². The zero-order valence-electron chi connectivity index (χ0n) is 8.68. The van der Waals surface area contributed by atoms with Gasteiger partial charge in [-0.3, -0.25) is 0 Å². The standard InChI is InChI=1S/C11H12N2OS/c1-9-3-5-10(6-4-9)15(14)11-12-7-8-13(11)2/h3-8H,1-2H3. The molecule has 1 aromatic carbocycles. The molecule has 15 heavy (non-hydrogen) atoms. The van der Waals surface area contributed by atoms with Crippen LogP contribution in [-0.4, -0.2) is 13.8 Å². The zero-order valence-corrected chi connectivity index (χ0v) is 9.49. The van der Waals surface area contributed by atoms with E-state index in [1.165, 1.54) is 0 Å². The van der Waals surface area contributed by atoms with Crippen LogP contribution in [0.4, 0.5) is 0 Å². The highest BCUT2D eigenvalue weighted by molar-refractivity contribution is 7.85. The van der Waals surface area contributed by atoms with E-state index in [-0.39, 0.29) is 0 Å². The average molecular weight is 220 g/mol. The first kappa shape index (κ1) is 10.1. The number of aryl methyl sites for hydroxylation is 2. The van der Waals surface area contributed by atoms with Gasteiger partial charge in [0, 0.05) is 24.3 Å². The largest absolute Gasteiger partial charge is 0.327 e. The molecular weight excluding hydrogens is 208 g/mol. The van der Waals surface area contributed by atoms with Crippen LogP contribution in [0.15, 0.2) is 46.7 Å². The Morgan fingerprint density at radius 2 is 1.93 bits per heavy atom. The second-order valence-corrected chi connectivity index (χ2v) is 4.78. The van der Waals surface area contributed by atoms with E-state index in [9.17, 15) is 4.21 Å². The topological polar surface area (TPSA) is 34.9 Å². The third-order valence-corrected chi connectivity index (χ3v) is 3.60. The SMILES string of the molecule is Cc1ccc(S(=O)c2nccn2C)cc1. The lowest BCUT2D eigenvalue weighted by Gasteiger charge is -2.02. The summed E-state index contributed by atoms with van der Waals surface area (Å²) < 4.78 is 13.8. The van der Waals surface area contributed by atoms with Crippen molar-refractivity contribution in [1.29, 1.82) is 0 Å². The summed E-state index contributed by atoms with van der Waals surface area (Å²) in [6, 6.07) is 7.66. The number of benzene rings is 1. The fourth-order valence-corrected chi connectivity index (χ4v) is 2.37. The minimum absolute atomic E-state index is 0.582. The van der Waals surface area contributed by atoms with E-state index in [1.807, 2.05) is 38.2 Å². The second kappa shape index (κ2) is 3.98. The molecule has 78 valence electrons. The van der Waals surface area contributed by atoms with Crippen LogP contribution in [-0.2, 0) is 17.8 Å². The quantitative estimate of drug-likeness (QED) is 0.774. The van der Waals surface area contributed by atoms with Crippen molar-refractivity contribution in [2.75, 3.05) is 0 Å². The Bertz CT molecular complexity index is 488. The van der Waals surface area contributed by atoms with Gasteiger partial charge in [-0.2, -0.15) is 0 Å². The number of rotatable bonds is 2. The summed E-state index contributed by atoms with van der Waals surface area (Å²) in [7, 11) is 0.658. The molecule has 1 heterocycles. The summed E-state index contributed by atoms with van der Waals surface area (Å²) in [5, 5.41) is 0.582. The first-order valence-electron chi connectivity index (χ1n) is 4.64. The van der Waals surface area contributed by atoms with Crippen molar-refractivity contribution in [2.24, 2.45) is 7.05 Å². The van der Waals surface area contributed by atoms with Crippen LogP contribution < -0.4 is 0 Å². The van der Waals surface area contributed by atoms with Gasteiger partial charge < -0.3 is 4.57 Å². The summed E-state index contributed by atoms with van der Waals surface area (Å²) in [6.07, 6.45) is 3.45. The lowest BCUT2D eigenvalue weighted by atomic mass is 10.2. The highest BCUT2D eigenvalue weighted by Gasteiger charge is 2.10. The van der Waals surface area contributed by atoms with E-state index >= 15 is 0 Å². The molecule has 1 atom stereocenters. The molecule has 2 aromatic rings. The molecule has 0 saturated carbocycles. The number of hydrogen-bond donors (Lipinski definition) is 0. The molecule has 1 aromatic heterocycles. The Labute approximate surface area is 91.2 Å². The van der Waals surface area contributed by atoms with Crippen molar-refractivity contribution in [3.05, 3.63) is 42.2 Å². The van der Waals surface area contributed by atoms with Gasteiger partial charge in [0.1, 0.15) is 10.8 Å². The lowest BCUT2D eigenvalue weighted by molar-refractivity contribution is 0.665. The van der Waals surface area contributed by atoms with Crippen LogP contribution in [0.3, 0.4) is 0 Å². The number of hydrogen-bond acceptors (Lipinski definition) is 2. The molecule has 0 radical (unpaired) electrons. The maximum absolute atomic E-state index is 12.1. The van der Waals surface area contributed by atoms with Gasteiger partial charge in [-0.15, -0.1) is 0 Å². The van der Waals surface area contributed by atoms with E-state index in [0.29, 0.717) is 5.16 Å². The number of aromatic nitrogens is 2. The Morgan fingerprint density at radius 3 is 2.47 bits per heavy atom. The predicted molar refractivity (Wildman–Crippen MR) is 59.1 cm³/mol. The predicted octanol–water partition coefficient (Wildman–Crippen LogP) is 1.90. The highest BCUT2D eigenvalue weighted by Crippen LogP contribution is 2.14. The van der Waals surface area contributed by atoms with Gasteiger partial charge in [0.25, 0.3) is 0 Å². The number of nitrogens with zero attached hydrogens (tertiary/aromatic N) is 2. The molecule has 0 amide bonds. The van der Waals surface area contributed by atoms with Crippen LogP contribution in [0.25, 0.3) is 0 Å². The molecule has 0 fully saturated rings. The Balaban J connectivity index is 2.37. The van der Waals surface area contributed by atoms with Gasteiger partial charge in [-0.05, 0) is 19.1 Å². The molecule has 3 nitrogen and oxygen atoms in total. The van der Waals surface area contributed by atoms with Gasteiger partial charge in [-0.1, -0.05) is 17.7 Å². The first-order valence-corrected chi connectivity index (χ1v) is 5.79. The molecule has 0 bridgehead atoms. The molecule has 0 spiro atoms. The first-order chi connectivity index (χ1) is 7.18. The van der Waals surface area contributed by atoms with Gasteiger partial charge in [-0.25, -0.2) is 9.19 Å². The summed E-state index contributed by atoms with van der Waals surface area (Å²) in [5.41, 5.74) is 1.16. The fourth-order valence-electron chi connectivity index (χ4n) is 1.30. The maximum Gasteiger partial charge on any atom is 0.203 e. The Kier molecular flexibility index (Phi) is 2.68. The van der Waals surface area contributed by atoms with E-state index < -0.39 is 10.8 Å². The third kappa shape index (κ3) is 1.99. The van der Waals surface area contributed by atoms with Crippen molar-refractivity contribution in [3.63, 3.8) is 0 Å². The normalized spacial score (nSPS) is 12.7. The van der Waals surface area contributed by atoms with Crippen LogP contribution in [0.5, 0.6) is 0 Å². The minimum Gasteiger partial charge on any atom is -0.327 e. The van der Waals surface area contributed by atoms with Gasteiger partial charge in [0.05, 0.1) is 0 Å². The molecule has 2 rings (SSSR count). The molecule has 0 saturated heterocycles. The Hall–Kier alpha value is -1.42. The van der Waals surface area contributed by atoms with Crippen molar-refractivity contribution in [1.82, 2.24) is 9.55 Å². The van der Waals surface area contributed by atoms with E-state index in [1.54, 1.807) is 17.0 Å². The molecular formula is C11H12N2OS. The van der Waals surface area contributed by atoms with E-state index in [2.05, 4.69) is 4.98 Å². The van der Waals surface area contributed by atoms with Gasteiger partial charge in [0.2, 0.25) is 5.16 Å². The van der Waals surface area contributed by atoms with Crippen molar-refractivity contribution in [2.45, 2.75) is 17.0 Å². The van der Waals surface area contributed by atoms with Gasteiger partial charge in [0.15, 0.2) is 0 Å². The zero-order chi connectivity index (χ0) is 10.8. The van der Waals surface area contributed by atoms with E-state index in [4.69, 9.17) is 0 Å². The molecule has 0 aliphatic rings. The van der Waals surface area contributed by atoms with Crippen LogP contribution in [0.1, 0.15) is 5.56 Å². The number of imidazole rings is 1. The summed E-state index contributed by atoms with van der Waals surface area (Å²) in [4.78, 5) is 4.86. The second-order valence-electron chi connectivity index (χ2n) is 3.40. The van der Waals surface area contributed by atoms with Crippen LogP contribution in [0.2, 0.25) is 0 Å². The van der Waals surface area contributed by atoms with Crippen molar-refractivity contribution >= 4 is 10.8 Å². The van der Waals surface area contributed by atoms with Crippen LogP contribution >= 0.6 is 0 Å². The maximum atomic E-state index is 12.1. The van der Waals surface area contributed by atoms with Crippen molar-refractivity contribution in [3.8, 4) is 0 Å². The summed E-state index contributed by atoms with van der Waals surface area (Å²) in [6.45, 7) is 2.01. The summed E-state index contributed by atoms with van der Waals surface area (Å²) >= 11 is 0. The van der Waals surface area contributed by atoms with Crippen LogP contribution in [0, 0.1) is 6.92 Å². The third-order valence-electron chi connectivity index (χ3n) is 2.18. The molecule has 0 aliphatic carbocycles. The smallest absolute Gasteiger partial charge is 0.203 e. The highest BCUT2D eigenvalue weighted by atomic mass is 32.2. The Morgan fingerprint density at radius 1 is 1.27 bits per heavy atom. The molecule has 0 N–H and O–H groups in total. The van der Waals surface area contributed by atoms with E-state index in [0.717, 1.165) is 10.5 Å². The van der Waals surface area contributed by atoms with Crippen molar-refractivity contribution < 1.29 is 4.21 Å².